The van der Waals surface area contributed by atoms with Crippen LogP contribution in [0.25, 0.3) is 11.5 Å². The van der Waals surface area contributed by atoms with Gasteiger partial charge in [0.05, 0.1) is 22.8 Å². The molecule has 1 atom stereocenters. The van der Waals surface area contributed by atoms with E-state index in [9.17, 15) is 21.6 Å². The van der Waals surface area contributed by atoms with Gasteiger partial charge in [-0.2, -0.15) is 0 Å². The van der Waals surface area contributed by atoms with Crippen LogP contribution in [0, 0.1) is 5.92 Å². The molecule has 29 heavy (non-hydrogen) atoms. The monoisotopic (exact) mass is 442 g/mol. The molecule has 158 valence electrons. The number of hydrogen-bond donors (Lipinski definition) is 1. The summed E-state index contributed by atoms with van der Waals surface area (Å²) < 4.78 is 53.9. The van der Waals surface area contributed by atoms with Crippen LogP contribution in [0.4, 0.5) is 6.01 Å². The second-order valence-electron chi connectivity index (χ2n) is 6.79. The summed E-state index contributed by atoms with van der Waals surface area (Å²) in [6.07, 6.45) is 2.27. The van der Waals surface area contributed by atoms with Crippen LogP contribution < -0.4 is 5.32 Å². The molecule has 0 saturated carbocycles. The maximum absolute atomic E-state index is 12.4. The molecule has 0 unspecified atom stereocenters. The molecule has 0 radical (unpaired) electrons. The maximum atomic E-state index is 12.4. The van der Waals surface area contributed by atoms with Crippen molar-refractivity contribution in [3.63, 3.8) is 0 Å². The lowest BCUT2D eigenvalue weighted by atomic mass is 9.99. The van der Waals surface area contributed by atoms with Gasteiger partial charge < -0.3 is 4.42 Å². The van der Waals surface area contributed by atoms with E-state index >= 15 is 0 Å². The number of sulfonamides is 1. The maximum Gasteiger partial charge on any atom is 0.322 e. The van der Waals surface area contributed by atoms with Gasteiger partial charge in [0.25, 0.3) is 0 Å². The van der Waals surface area contributed by atoms with Crippen LogP contribution in [0.5, 0.6) is 0 Å². The molecule has 1 aliphatic rings. The van der Waals surface area contributed by atoms with Crippen LogP contribution in [0.3, 0.4) is 0 Å². The predicted octanol–water partition coefficient (Wildman–Crippen LogP) is 1.14. The third kappa shape index (κ3) is 5.00. The zero-order chi connectivity index (χ0) is 21.2. The van der Waals surface area contributed by atoms with Gasteiger partial charge in [0, 0.05) is 18.7 Å². The second kappa shape index (κ2) is 8.20. The van der Waals surface area contributed by atoms with E-state index in [4.69, 9.17) is 4.42 Å². The summed E-state index contributed by atoms with van der Waals surface area (Å²) in [5.74, 6) is -0.770. The van der Waals surface area contributed by atoms with E-state index in [1.54, 1.807) is 19.1 Å². The molecule has 1 fully saturated rings. The minimum absolute atomic E-state index is 0.00100. The average Bonchev–Trinajstić information content (AvgIpc) is 3.16. The van der Waals surface area contributed by atoms with Crippen LogP contribution in [0.15, 0.2) is 33.6 Å². The van der Waals surface area contributed by atoms with Gasteiger partial charge in [-0.25, -0.2) is 21.1 Å². The fourth-order valence-electron chi connectivity index (χ4n) is 3.03. The van der Waals surface area contributed by atoms with E-state index in [0.717, 1.165) is 6.26 Å². The molecule has 1 aliphatic heterocycles. The molecule has 1 amide bonds. The Bertz CT molecular complexity index is 1090. The SMILES string of the molecule is CCS(=O)(=O)c1ccc(-c2nnc(NC(=O)[C@@H]3CCCN(S(C)(=O)=O)C3)o2)cc1. The Morgan fingerprint density at radius 3 is 2.52 bits per heavy atom. The minimum atomic E-state index is -3.35. The lowest BCUT2D eigenvalue weighted by Crippen LogP contribution is -2.43. The molecule has 1 N–H and O–H groups in total. The molecule has 12 heteroatoms. The Morgan fingerprint density at radius 1 is 1.21 bits per heavy atom. The number of carbonyl (C=O) groups is 1. The summed E-state index contributed by atoms with van der Waals surface area (Å²) in [6, 6.07) is 5.91. The van der Waals surface area contributed by atoms with Crippen LogP contribution >= 0.6 is 0 Å². The first-order valence-corrected chi connectivity index (χ1v) is 12.5. The van der Waals surface area contributed by atoms with E-state index < -0.39 is 31.7 Å². The van der Waals surface area contributed by atoms with Crippen molar-refractivity contribution in [3.05, 3.63) is 24.3 Å². The number of anilines is 1. The number of aromatic nitrogens is 2. The van der Waals surface area contributed by atoms with Crippen molar-refractivity contribution in [2.45, 2.75) is 24.7 Å². The van der Waals surface area contributed by atoms with E-state index in [0.29, 0.717) is 24.9 Å². The Morgan fingerprint density at radius 2 is 1.90 bits per heavy atom. The van der Waals surface area contributed by atoms with Gasteiger partial charge in [-0.05, 0) is 37.1 Å². The van der Waals surface area contributed by atoms with Gasteiger partial charge in [0.2, 0.25) is 21.8 Å². The number of sulfone groups is 1. The molecule has 2 aromatic rings. The summed E-state index contributed by atoms with van der Waals surface area (Å²) in [5.41, 5.74) is 0.508. The second-order valence-corrected chi connectivity index (χ2v) is 11.1. The first-order chi connectivity index (χ1) is 13.6. The first-order valence-electron chi connectivity index (χ1n) is 9.03. The average molecular weight is 443 g/mol. The molecule has 3 rings (SSSR count). The smallest absolute Gasteiger partial charge is 0.322 e. The van der Waals surface area contributed by atoms with Crippen LogP contribution in [-0.4, -0.2) is 62.3 Å². The Hall–Kier alpha value is -2.31. The summed E-state index contributed by atoms with van der Waals surface area (Å²) in [7, 11) is -6.66. The van der Waals surface area contributed by atoms with Gasteiger partial charge in [-0.1, -0.05) is 12.0 Å². The van der Waals surface area contributed by atoms with Gasteiger partial charge in [0.1, 0.15) is 0 Å². The highest BCUT2D eigenvalue weighted by Gasteiger charge is 2.31. The number of benzene rings is 1. The summed E-state index contributed by atoms with van der Waals surface area (Å²) in [6.45, 7) is 2.08. The van der Waals surface area contributed by atoms with Crippen molar-refractivity contribution in [1.82, 2.24) is 14.5 Å². The van der Waals surface area contributed by atoms with Crippen molar-refractivity contribution in [1.29, 1.82) is 0 Å². The van der Waals surface area contributed by atoms with E-state index in [2.05, 4.69) is 15.5 Å². The topological polar surface area (TPSA) is 140 Å². The molecule has 1 aromatic heterocycles. The largest absolute Gasteiger partial charge is 0.403 e. The summed E-state index contributed by atoms with van der Waals surface area (Å²) in [4.78, 5) is 12.6. The van der Waals surface area contributed by atoms with Gasteiger partial charge in [0.15, 0.2) is 9.84 Å². The number of nitrogens with zero attached hydrogens (tertiary/aromatic N) is 3. The van der Waals surface area contributed by atoms with E-state index in [1.807, 2.05) is 0 Å². The number of hydrogen-bond acceptors (Lipinski definition) is 8. The number of piperidine rings is 1. The highest BCUT2D eigenvalue weighted by Crippen LogP contribution is 2.24. The number of nitrogens with one attached hydrogen (secondary N) is 1. The van der Waals surface area contributed by atoms with Crippen LogP contribution in [-0.2, 0) is 24.7 Å². The highest BCUT2D eigenvalue weighted by molar-refractivity contribution is 7.91. The van der Waals surface area contributed by atoms with Crippen molar-refractivity contribution < 1.29 is 26.0 Å². The molecule has 2 heterocycles. The number of amides is 1. The molecular weight excluding hydrogens is 420 g/mol. The lowest BCUT2D eigenvalue weighted by molar-refractivity contribution is -0.121. The third-order valence-electron chi connectivity index (χ3n) is 4.72. The van der Waals surface area contributed by atoms with Crippen LogP contribution in [0.1, 0.15) is 19.8 Å². The van der Waals surface area contributed by atoms with E-state index in [1.165, 1.54) is 16.4 Å². The van der Waals surface area contributed by atoms with Crippen molar-refractivity contribution >= 4 is 31.8 Å². The van der Waals surface area contributed by atoms with E-state index in [-0.39, 0.29) is 29.1 Å². The number of rotatable bonds is 6. The standard InChI is InChI=1S/C17H22N4O6S2/c1-3-29(25,26)14-8-6-12(7-9-14)16-19-20-17(27-16)18-15(22)13-5-4-10-21(11-13)28(2,23)24/h6-9,13H,3-5,10-11H2,1-2H3,(H,18,20,22)/t13-/m1/s1. The van der Waals surface area contributed by atoms with Crippen molar-refractivity contribution in [2.75, 3.05) is 30.4 Å². The molecule has 0 bridgehead atoms. The fourth-order valence-corrected chi connectivity index (χ4v) is 4.82. The molecule has 0 spiro atoms. The fraction of sp³-hybridized carbons (Fsp3) is 0.471. The quantitative estimate of drug-likeness (QED) is 0.702. The van der Waals surface area contributed by atoms with Crippen LogP contribution in [0.2, 0.25) is 0 Å². The normalized spacial score (nSPS) is 18.5. The highest BCUT2D eigenvalue weighted by atomic mass is 32.2. The molecular formula is C17H22N4O6S2. The Kier molecular flexibility index (Phi) is 6.05. The molecule has 1 aromatic carbocycles. The van der Waals surface area contributed by atoms with Crippen molar-refractivity contribution in [3.8, 4) is 11.5 Å². The van der Waals surface area contributed by atoms with Crippen molar-refractivity contribution in [2.24, 2.45) is 5.92 Å². The first kappa shape index (κ1) is 21.4. The Labute approximate surface area is 169 Å². The van der Waals surface area contributed by atoms with Gasteiger partial charge in [-0.15, -0.1) is 5.10 Å². The molecule has 1 saturated heterocycles. The minimum Gasteiger partial charge on any atom is -0.403 e. The van der Waals surface area contributed by atoms with Gasteiger partial charge >= 0.3 is 6.01 Å². The molecule has 0 aliphatic carbocycles. The summed E-state index contributed by atoms with van der Waals surface area (Å²) in [5, 5.41) is 10.2. The van der Waals surface area contributed by atoms with Gasteiger partial charge in [-0.3, -0.25) is 10.1 Å². The number of carbonyl (C=O) groups excluding carboxylic acids is 1. The third-order valence-corrected chi connectivity index (χ3v) is 7.74. The lowest BCUT2D eigenvalue weighted by Gasteiger charge is -2.29. The zero-order valence-electron chi connectivity index (χ0n) is 16.0. The Balaban J connectivity index is 1.68. The summed E-state index contributed by atoms with van der Waals surface area (Å²) >= 11 is 0. The predicted molar refractivity (Wildman–Crippen MR) is 105 cm³/mol. The zero-order valence-corrected chi connectivity index (χ0v) is 17.7. The molecule has 10 nitrogen and oxygen atoms in total.